The van der Waals surface area contributed by atoms with Gasteiger partial charge in [0.15, 0.2) is 17.2 Å². The summed E-state index contributed by atoms with van der Waals surface area (Å²) in [5, 5.41) is 4.09. The number of nitrogens with one attached hydrogen (secondary N) is 1. The Morgan fingerprint density at radius 2 is 1.93 bits per heavy atom. The minimum Gasteiger partial charge on any atom is -0.609 e. The molecule has 2 heterocycles. The van der Waals surface area contributed by atoms with Gasteiger partial charge in [0.05, 0.1) is 0 Å². The number of benzene rings is 1. The molecule has 2 aliphatic carbocycles. The summed E-state index contributed by atoms with van der Waals surface area (Å²) >= 11 is 4.87. The van der Waals surface area contributed by atoms with Crippen LogP contribution in [0.25, 0.3) is 11.1 Å². The lowest BCUT2D eigenvalue weighted by molar-refractivity contribution is 0.0891. The zero-order valence-electron chi connectivity index (χ0n) is 16.4. The van der Waals surface area contributed by atoms with Crippen molar-refractivity contribution in [3.05, 3.63) is 47.0 Å². The number of rotatable bonds is 6. The smallest absolute Gasteiger partial charge is 0.311 e. The van der Waals surface area contributed by atoms with Crippen molar-refractivity contribution in [2.24, 2.45) is 5.92 Å². The Labute approximate surface area is 182 Å². The summed E-state index contributed by atoms with van der Waals surface area (Å²) in [6.45, 7) is 0. The number of carbonyl (C=O) groups is 1. The van der Waals surface area contributed by atoms with Gasteiger partial charge in [-0.05, 0) is 62.8 Å². The average molecular weight is 447 g/mol. The molecular weight excluding hydrogens is 424 g/mol. The van der Waals surface area contributed by atoms with Crippen LogP contribution in [0.5, 0.6) is 0 Å². The van der Waals surface area contributed by atoms with E-state index in [9.17, 15) is 9.35 Å². The van der Waals surface area contributed by atoms with E-state index in [1.165, 1.54) is 0 Å². The van der Waals surface area contributed by atoms with Gasteiger partial charge in [-0.1, -0.05) is 11.6 Å². The molecule has 0 spiro atoms. The monoisotopic (exact) mass is 446 g/mol. The lowest BCUT2D eigenvalue weighted by Gasteiger charge is -2.27. The molecule has 1 amide bonds. The van der Waals surface area contributed by atoms with Crippen LogP contribution in [0.2, 0.25) is 5.02 Å². The van der Waals surface area contributed by atoms with Crippen molar-refractivity contribution in [3.63, 3.8) is 0 Å². The summed E-state index contributed by atoms with van der Waals surface area (Å²) in [4.78, 5) is 17.1. The van der Waals surface area contributed by atoms with Crippen molar-refractivity contribution in [2.45, 2.75) is 55.6 Å². The molecule has 2 saturated carbocycles. The number of nitrogens with zero attached hydrogens (tertiary/aromatic N) is 1. The summed E-state index contributed by atoms with van der Waals surface area (Å²) in [6.07, 6.45) is 5.74. The summed E-state index contributed by atoms with van der Waals surface area (Å²) in [6, 6.07) is 8.81. The van der Waals surface area contributed by atoms with Gasteiger partial charge in [0.25, 0.3) is 5.91 Å². The Morgan fingerprint density at radius 3 is 2.70 bits per heavy atom. The quantitative estimate of drug-likeness (QED) is 0.535. The van der Waals surface area contributed by atoms with E-state index in [4.69, 9.17) is 20.4 Å². The molecule has 1 atom stereocenters. The van der Waals surface area contributed by atoms with E-state index in [1.807, 2.05) is 12.1 Å². The van der Waals surface area contributed by atoms with Gasteiger partial charge in [-0.15, -0.1) is 0 Å². The predicted molar refractivity (Wildman–Crippen MR) is 114 cm³/mol. The van der Waals surface area contributed by atoms with Crippen LogP contribution in [-0.2, 0) is 11.2 Å². The number of aromatic nitrogens is 1. The third-order valence-corrected chi connectivity index (χ3v) is 7.57. The molecule has 6 nitrogen and oxygen atoms in total. The number of furan rings is 1. The lowest BCUT2D eigenvalue weighted by Crippen LogP contribution is -2.37. The van der Waals surface area contributed by atoms with Crippen LogP contribution in [0.4, 0.5) is 0 Å². The first-order valence-corrected chi connectivity index (χ1v) is 12.1. The van der Waals surface area contributed by atoms with Gasteiger partial charge in [-0.2, -0.15) is 0 Å². The van der Waals surface area contributed by atoms with E-state index in [0.29, 0.717) is 21.8 Å². The highest BCUT2D eigenvalue weighted by Crippen LogP contribution is 2.35. The minimum absolute atomic E-state index is 0.0816. The zero-order chi connectivity index (χ0) is 20.7. The number of amides is 1. The molecule has 0 radical (unpaired) electrons. The standard InChI is InChI=1S/C22H23ClN2O4S/c23-15-5-8-18-17(11-15)25-22(29-18)14-3-6-16(7-4-14)24-21(26)19-9-10-20(28-19)30(27)12-13-1-2-13/h5,8-11,13-14,16H,1-4,6-7,12H2,(H,24,26)/t14-,16+,30-/m0/s1. The fourth-order valence-electron chi connectivity index (χ4n) is 3.98. The Hall–Kier alpha value is -1.96. The average Bonchev–Trinajstić information content (AvgIpc) is 3.25. The summed E-state index contributed by atoms with van der Waals surface area (Å²) < 4.78 is 23.7. The number of halogens is 1. The van der Waals surface area contributed by atoms with Gasteiger partial charge in [-0.3, -0.25) is 4.79 Å². The predicted octanol–water partition coefficient (Wildman–Crippen LogP) is 5.05. The topological polar surface area (TPSA) is 91.3 Å². The van der Waals surface area contributed by atoms with Crippen molar-refractivity contribution < 1.29 is 18.2 Å². The molecule has 3 aromatic rings. The third kappa shape index (κ3) is 4.38. The second kappa shape index (κ2) is 8.29. The van der Waals surface area contributed by atoms with Crippen LogP contribution in [0, 0.1) is 5.92 Å². The maximum atomic E-state index is 12.5. The van der Waals surface area contributed by atoms with Gasteiger partial charge in [0.1, 0.15) is 11.3 Å². The second-order valence-electron chi connectivity index (χ2n) is 8.26. The molecule has 158 valence electrons. The third-order valence-electron chi connectivity index (χ3n) is 5.89. The van der Waals surface area contributed by atoms with Crippen molar-refractivity contribution in [3.8, 4) is 0 Å². The SMILES string of the molecule is O=C(N[C@H]1CC[C@@H](c2nc3cc(Cl)ccc3o2)CC1)c1ccc([S@@+]([O-])CC2CC2)o1. The van der Waals surface area contributed by atoms with Crippen LogP contribution < -0.4 is 5.32 Å². The van der Waals surface area contributed by atoms with Gasteiger partial charge >= 0.3 is 5.09 Å². The van der Waals surface area contributed by atoms with Crippen LogP contribution in [-0.4, -0.2) is 27.2 Å². The van der Waals surface area contributed by atoms with Crippen LogP contribution in [0.3, 0.4) is 0 Å². The van der Waals surface area contributed by atoms with E-state index in [0.717, 1.165) is 55.5 Å². The van der Waals surface area contributed by atoms with E-state index in [-0.39, 0.29) is 23.6 Å². The lowest BCUT2D eigenvalue weighted by atomic mass is 9.86. The zero-order valence-corrected chi connectivity index (χ0v) is 18.0. The number of carbonyl (C=O) groups excluding carboxylic acids is 1. The van der Waals surface area contributed by atoms with Crippen molar-refractivity contribution >= 4 is 39.8 Å². The highest BCUT2D eigenvalue weighted by Gasteiger charge is 2.31. The van der Waals surface area contributed by atoms with Gasteiger partial charge < -0.3 is 18.7 Å². The van der Waals surface area contributed by atoms with Gasteiger partial charge in [0, 0.05) is 40.1 Å². The van der Waals surface area contributed by atoms with Crippen LogP contribution >= 0.6 is 11.6 Å². The summed E-state index contributed by atoms with van der Waals surface area (Å²) in [5.74, 6) is 2.13. The molecule has 2 aliphatic rings. The number of oxazole rings is 1. The van der Waals surface area contributed by atoms with Crippen LogP contribution in [0.1, 0.15) is 60.9 Å². The number of fused-ring (bicyclic) bond motifs is 1. The van der Waals surface area contributed by atoms with Crippen LogP contribution in [0.15, 0.2) is 44.3 Å². The fraction of sp³-hybridized carbons (Fsp3) is 0.455. The van der Waals surface area contributed by atoms with Crippen molar-refractivity contribution in [2.75, 3.05) is 5.75 Å². The number of hydrogen-bond acceptors (Lipinski definition) is 5. The largest absolute Gasteiger partial charge is 0.609 e. The first kappa shape index (κ1) is 20.0. The van der Waals surface area contributed by atoms with E-state index in [2.05, 4.69) is 10.3 Å². The Kier molecular flexibility index (Phi) is 5.52. The maximum absolute atomic E-state index is 12.5. The molecule has 0 unspecified atom stereocenters. The molecule has 0 aliphatic heterocycles. The molecule has 2 aromatic heterocycles. The molecular formula is C22H23ClN2O4S. The number of hydrogen-bond donors (Lipinski definition) is 1. The molecule has 0 bridgehead atoms. The first-order chi connectivity index (χ1) is 14.5. The summed E-state index contributed by atoms with van der Waals surface area (Å²) in [7, 11) is 0. The van der Waals surface area contributed by atoms with Crippen molar-refractivity contribution in [1.82, 2.24) is 10.3 Å². The Balaban J connectivity index is 1.15. The second-order valence-corrected chi connectivity index (χ2v) is 10.1. The van der Waals surface area contributed by atoms with E-state index in [1.54, 1.807) is 18.2 Å². The highest BCUT2D eigenvalue weighted by molar-refractivity contribution is 7.91. The van der Waals surface area contributed by atoms with Crippen molar-refractivity contribution in [1.29, 1.82) is 0 Å². The maximum Gasteiger partial charge on any atom is 0.311 e. The molecule has 8 heteroatoms. The molecule has 0 saturated heterocycles. The van der Waals surface area contributed by atoms with Gasteiger partial charge in [0.2, 0.25) is 0 Å². The summed E-state index contributed by atoms with van der Waals surface area (Å²) in [5.41, 5.74) is 1.53. The highest BCUT2D eigenvalue weighted by atomic mass is 35.5. The molecule has 30 heavy (non-hydrogen) atoms. The molecule has 1 N–H and O–H groups in total. The van der Waals surface area contributed by atoms with Gasteiger partial charge in [-0.25, -0.2) is 4.98 Å². The molecule has 5 rings (SSSR count). The van der Waals surface area contributed by atoms with E-state index < -0.39 is 11.2 Å². The van der Waals surface area contributed by atoms with E-state index >= 15 is 0 Å². The Morgan fingerprint density at radius 1 is 1.13 bits per heavy atom. The fourth-order valence-corrected chi connectivity index (χ4v) is 5.47. The molecule has 1 aromatic carbocycles. The minimum atomic E-state index is -1.16. The molecule has 2 fully saturated rings. The Bertz CT molecular complexity index is 1050. The normalized spacial score (nSPS) is 22.9. The first-order valence-electron chi connectivity index (χ1n) is 10.4.